The van der Waals surface area contributed by atoms with Crippen molar-refractivity contribution in [3.63, 3.8) is 0 Å². The molecule has 0 unspecified atom stereocenters. The van der Waals surface area contributed by atoms with Crippen LogP contribution in [0.2, 0.25) is 0 Å². The number of halogens is 3. The van der Waals surface area contributed by atoms with Gasteiger partial charge in [0, 0.05) is 38.9 Å². The van der Waals surface area contributed by atoms with E-state index in [1.165, 1.54) is 24.9 Å². The minimum Gasteiger partial charge on any atom is -0.478 e. The zero-order valence-corrected chi connectivity index (χ0v) is 14.9. The van der Waals surface area contributed by atoms with Gasteiger partial charge < -0.3 is 15.7 Å². The molecule has 13 heteroatoms. The second-order valence-electron chi connectivity index (χ2n) is 5.61. The molecule has 3 N–H and O–H groups in total. The van der Waals surface area contributed by atoms with Crippen molar-refractivity contribution in [2.24, 2.45) is 7.05 Å². The molecule has 0 saturated carbocycles. The van der Waals surface area contributed by atoms with Crippen LogP contribution >= 0.6 is 0 Å². The molecule has 28 heavy (non-hydrogen) atoms. The van der Waals surface area contributed by atoms with Gasteiger partial charge in [-0.3, -0.25) is 19.0 Å². The Bertz CT molecular complexity index is 902. The first-order valence-electron chi connectivity index (χ1n) is 8.03. The van der Waals surface area contributed by atoms with Crippen molar-refractivity contribution in [3.8, 4) is 0 Å². The van der Waals surface area contributed by atoms with Crippen LogP contribution in [-0.2, 0) is 19.8 Å². The maximum Gasteiger partial charge on any atom is 0.435 e. The first kappa shape index (κ1) is 20.9. The number of aryl methyl sites for hydroxylation is 2. The van der Waals surface area contributed by atoms with Crippen molar-refractivity contribution in [1.82, 2.24) is 30.2 Å². The number of nitrogens with zero attached hydrogens (tertiary/aromatic N) is 4. The van der Waals surface area contributed by atoms with E-state index >= 15 is 0 Å². The summed E-state index contributed by atoms with van der Waals surface area (Å²) < 4.78 is 40.3. The van der Waals surface area contributed by atoms with Gasteiger partial charge in [-0.25, -0.2) is 4.79 Å². The summed E-state index contributed by atoms with van der Waals surface area (Å²) in [6.45, 7) is 1.41. The minimum atomic E-state index is -4.67. The number of amides is 2. The summed E-state index contributed by atoms with van der Waals surface area (Å²) in [7, 11) is 1.45. The summed E-state index contributed by atoms with van der Waals surface area (Å²) in [5, 5.41) is 20.9. The van der Waals surface area contributed by atoms with Gasteiger partial charge in [-0.1, -0.05) is 0 Å². The summed E-state index contributed by atoms with van der Waals surface area (Å²) >= 11 is 0. The highest BCUT2D eigenvalue weighted by atomic mass is 19.4. The van der Waals surface area contributed by atoms with E-state index in [4.69, 9.17) is 5.11 Å². The van der Waals surface area contributed by atoms with E-state index in [1.807, 2.05) is 0 Å². The van der Waals surface area contributed by atoms with Crippen LogP contribution in [0.15, 0.2) is 12.3 Å². The minimum absolute atomic E-state index is 0.0627. The molecule has 0 bridgehead atoms. The van der Waals surface area contributed by atoms with Gasteiger partial charge in [0.1, 0.15) is 11.3 Å². The number of alkyl halides is 3. The molecule has 2 amide bonds. The fourth-order valence-electron chi connectivity index (χ4n) is 2.32. The monoisotopic (exact) mass is 402 g/mol. The number of hydrogen-bond donors (Lipinski definition) is 3. The number of carbonyl (C=O) groups excluding carboxylic acids is 2. The molecule has 2 rings (SSSR count). The second-order valence-corrected chi connectivity index (χ2v) is 5.61. The summed E-state index contributed by atoms with van der Waals surface area (Å²) in [4.78, 5) is 35.2. The van der Waals surface area contributed by atoms with Crippen LogP contribution in [0.3, 0.4) is 0 Å². The molecule has 0 saturated heterocycles. The van der Waals surface area contributed by atoms with Crippen molar-refractivity contribution in [2.45, 2.75) is 19.6 Å². The summed E-state index contributed by atoms with van der Waals surface area (Å²) in [6, 6.07) is 0.643. The maximum atomic E-state index is 12.7. The lowest BCUT2D eigenvalue weighted by Crippen LogP contribution is -2.36. The molecule has 0 aliphatic rings. The van der Waals surface area contributed by atoms with Crippen LogP contribution in [0.25, 0.3) is 0 Å². The fourth-order valence-corrected chi connectivity index (χ4v) is 2.32. The predicted molar refractivity (Wildman–Crippen MR) is 87.7 cm³/mol. The number of carbonyl (C=O) groups is 3. The summed E-state index contributed by atoms with van der Waals surface area (Å²) in [5.41, 5.74) is -2.01. The van der Waals surface area contributed by atoms with Crippen LogP contribution in [0.1, 0.15) is 44.0 Å². The van der Waals surface area contributed by atoms with Gasteiger partial charge in [-0.05, 0) is 6.92 Å². The Morgan fingerprint density at radius 1 is 1.14 bits per heavy atom. The molecule has 0 aliphatic heterocycles. The van der Waals surface area contributed by atoms with Crippen molar-refractivity contribution >= 4 is 17.8 Å². The fraction of sp³-hybridized carbons (Fsp3) is 0.400. The molecular weight excluding hydrogens is 385 g/mol. The van der Waals surface area contributed by atoms with Gasteiger partial charge in [-0.2, -0.15) is 23.4 Å². The predicted octanol–water partition coefficient (Wildman–Crippen LogP) is 0.513. The molecular formula is C15H17F3N6O4. The van der Waals surface area contributed by atoms with E-state index in [9.17, 15) is 27.6 Å². The molecule has 0 aliphatic carbocycles. The van der Waals surface area contributed by atoms with E-state index in [1.54, 1.807) is 0 Å². The molecule has 0 radical (unpaired) electrons. The molecule has 2 aromatic rings. The van der Waals surface area contributed by atoms with Crippen molar-refractivity contribution < 1.29 is 32.7 Å². The molecule has 2 aromatic heterocycles. The number of carboxylic acids is 1. The Kier molecular flexibility index (Phi) is 6.06. The topological polar surface area (TPSA) is 131 Å². The lowest BCUT2D eigenvalue weighted by atomic mass is 10.2. The Morgan fingerprint density at radius 3 is 2.29 bits per heavy atom. The number of hydrogen-bond acceptors (Lipinski definition) is 5. The normalized spacial score (nSPS) is 11.3. The third-order valence-corrected chi connectivity index (χ3v) is 3.57. The number of carboxylic acid groups (broad SMARTS) is 1. The van der Waals surface area contributed by atoms with Crippen molar-refractivity contribution in [3.05, 3.63) is 34.9 Å². The van der Waals surface area contributed by atoms with Gasteiger partial charge in [0.15, 0.2) is 11.4 Å². The van der Waals surface area contributed by atoms with Crippen molar-refractivity contribution in [1.29, 1.82) is 0 Å². The molecule has 0 aromatic carbocycles. The molecule has 0 fully saturated rings. The highest BCUT2D eigenvalue weighted by molar-refractivity contribution is 6.03. The first-order chi connectivity index (χ1) is 13.0. The van der Waals surface area contributed by atoms with E-state index in [0.29, 0.717) is 6.07 Å². The van der Waals surface area contributed by atoms with Crippen LogP contribution in [0, 0.1) is 0 Å². The SMILES string of the molecule is CCn1nc(C(F)(F)F)cc1C(=O)NCCNC(=O)c1nn(C)cc1C(=O)O. The highest BCUT2D eigenvalue weighted by Crippen LogP contribution is 2.28. The summed E-state index contributed by atoms with van der Waals surface area (Å²) in [6.07, 6.45) is -3.50. The van der Waals surface area contributed by atoms with Crippen LogP contribution in [0.4, 0.5) is 13.2 Å². The molecule has 10 nitrogen and oxygen atoms in total. The van der Waals surface area contributed by atoms with E-state index < -0.39 is 29.7 Å². The average molecular weight is 402 g/mol. The maximum absolute atomic E-state index is 12.7. The average Bonchev–Trinajstić information content (AvgIpc) is 3.21. The first-order valence-corrected chi connectivity index (χ1v) is 8.03. The largest absolute Gasteiger partial charge is 0.478 e. The van der Waals surface area contributed by atoms with Gasteiger partial charge in [-0.15, -0.1) is 0 Å². The standard InChI is InChI=1S/C15H17F3N6O4/c1-3-24-9(6-10(21-24)15(16,17)18)12(25)19-4-5-20-13(26)11-8(14(27)28)7-23(2)22-11/h6-7H,3-5H2,1-2H3,(H,19,25)(H,20,26)(H,27,28). The number of rotatable bonds is 7. The number of aromatic nitrogens is 4. The molecule has 2 heterocycles. The zero-order valence-electron chi connectivity index (χ0n) is 14.9. The summed E-state index contributed by atoms with van der Waals surface area (Å²) in [5.74, 6) is -2.87. The number of aromatic carboxylic acids is 1. The van der Waals surface area contributed by atoms with Gasteiger partial charge in [0.2, 0.25) is 0 Å². The smallest absolute Gasteiger partial charge is 0.435 e. The lowest BCUT2D eigenvalue weighted by molar-refractivity contribution is -0.141. The molecule has 152 valence electrons. The second kappa shape index (κ2) is 8.10. The Hall–Kier alpha value is -3.38. The van der Waals surface area contributed by atoms with Crippen LogP contribution in [0.5, 0.6) is 0 Å². The zero-order chi connectivity index (χ0) is 21.1. The number of nitrogens with one attached hydrogen (secondary N) is 2. The van der Waals surface area contributed by atoms with Gasteiger partial charge >= 0.3 is 12.1 Å². The Labute approximate surface area is 156 Å². The lowest BCUT2D eigenvalue weighted by Gasteiger charge is -2.07. The van der Waals surface area contributed by atoms with E-state index in [2.05, 4.69) is 20.8 Å². The van der Waals surface area contributed by atoms with Crippen molar-refractivity contribution in [2.75, 3.05) is 13.1 Å². The van der Waals surface area contributed by atoms with Crippen LogP contribution in [-0.4, -0.2) is 55.5 Å². The Balaban J connectivity index is 1.94. The highest BCUT2D eigenvalue weighted by Gasteiger charge is 2.35. The van der Waals surface area contributed by atoms with Crippen LogP contribution < -0.4 is 10.6 Å². The van der Waals surface area contributed by atoms with E-state index in [-0.39, 0.29) is 36.6 Å². The third kappa shape index (κ3) is 4.66. The third-order valence-electron chi connectivity index (χ3n) is 3.57. The van der Waals surface area contributed by atoms with Gasteiger partial charge in [0.25, 0.3) is 11.8 Å². The van der Waals surface area contributed by atoms with E-state index in [0.717, 1.165) is 4.68 Å². The molecule has 0 spiro atoms. The van der Waals surface area contributed by atoms with Gasteiger partial charge in [0.05, 0.1) is 0 Å². The Morgan fingerprint density at radius 2 is 1.75 bits per heavy atom. The quantitative estimate of drug-likeness (QED) is 0.579. The molecule has 0 atom stereocenters.